The summed E-state index contributed by atoms with van der Waals surface area (Å²) < 4.78 is 0. The van der Waals surface area contributed by atoms with E-state index in [0.29, 0.717) is 0 Å². The molecule has 0 aliphatic heterocycles. The summed E-state index contributed by atoms with van der Waals surface area (Å²) >= 11 is 0. The van der Waals surface area contributed by atoms with E-state index < -0.39 is 0 Å². The number of hydrogen-bond donors (Lipinski definition) is 0. The zero-order valence-corrected chi connectivity index (χ0v) is 12.4. The molecule has 0 fully saturated rings. The molecular weight excluding hydrogens is 264 g/mol. The molecule has 0 N–H and O–H groups in total. The molecular formula is C22H17. The van der Waals surface area contributed by atoms with Crippen molar-refractivity contribution in [3.8, 4) is 0 Å². The molecule has 4 aromatic rings. The monoisotopic (exact) mass is 281 g/mol. The Morgan fingerprint density at radius 2 is 1.23 bits per heavy atom. The fourth-order valence-electron chi connectivity index (χ4n) is 3.16. The topological polar surface area (TPSA) is 0 Å². The van der Waals surface area contributed by atoms with Crippen LogP contribution in [-0.4, -0.2) is 0 Å². The maximum atomic E-state index is 4.41. The van der Waals surface area contributed by atoms with Gasteiger partial charge < -0.3 is 0 Å². The second-order valence-electron chi connectivity index (χ2n) is 5.73. The van der Waals surface area contributed by atoms with Crippen molar-refractivity contribution in [1.29, 1.82) is 0 Å². The summed E-state index contributed by atoms with van der Waals surface area (Å²) in [5.74, 6) is 0.145. The van der Waals surface area contributed by atoms with Gasteiger partial charge >= 0.3 is 0 Å². The normalized spacial score (nSPS) is 12.6. The maximum absolute atomic E-state index is 4.41. The van der Waals surface area contributed by atoms with Gasteiger partial charge in [0.25, 0.3) is 0 Å². The Hall–Kier alpha value is -2.60. The molecule has 0 bridgehead atoms. The summed E-state index contributed by atoms with van der Waals surface area (Å²) in [4.78, 5) is 0. The van der Waals surface area contributed by atoms with Gasteiger partial charge in [-0.3, -0.25) is 0 Å². The predicted molar refractivity (Wildman–Crippen MR) is 95.1 cm³/mol. The van der Waals surface area contributed by atoms with Gasteiger partial charge in [-0.05, 0) is 51.7 Å². The van der Waals surface area contributed by atoms with Crippen LogP contribution in [0.25, 0.3) is 21.5 Å². The van der Waals surface area contributed by atoms with Gasteiger partial charge in [-0.25, -0.2) is 0 Å². The average molecular weight is 281 g/mol. The number of hydrogen-bond acceptors (Lipinski definition) is 0. The molecule has 0 nitrogen and oxygen atoms in total. The van der Waals surface area contributed by atoms with Crippen LogP contribution in [0.5, 0.6) is 0 Å². The SMILES string of the molecule is [CH2]C(c1ccccc1)c1cccc2cc3ccccc3cc12. The number of fused-ring (bicyclic) bond motifs is 2. The molecule has 0 amide bonds. The molecule has 0 aliphatic carbocycles. The largest absolute Gasteiger partial charge is 0.0622 e. The van der Waals surface area contributed by atoms with Crippen LogP contribution in [0.15, 0.2) is 84.9 Å². The molecule has 1 radical (unpaired) electrons. The Kier molecular flexibility index (Phi) is 3.16. The lowest BCUT2D eigenvalue weighted by molar-refractivity contribution is 1.04. The van der Waals surface area contributed by atoms with Crippen LogP contribution >= 0.6 is 0 Å². The van der Waals surface area contributed by atoms with E-state index in [2.05, 4.69) is 85.8 Å². The molecule has 4 rings (SSSR count). The van der Waals surface area contributed by atoms with Gasteiger partial charge in [-0.1, -0.05) is 72.8 Å². The van der Waals surface area contributed by atoms with Gasteiger partial charge in [0.15, 0.2) is 0 Å². The Bertz CT molecular complexity index is 936. The van der Waals surface area contributed by atoms with Gasteiger partial charge in [-0.2, -0.15) is 0 Å². The number of rotatable bonds is 2. The maximum Gasteiger partial charge on any atom is 0.00958 e. The summed E-state index contributed by atoms with van der Waals surface area (Å²) in [6, 6.07) is 30.1. The van der Waals surface area contributed by atoms with Crippen LogP contribution in [0, 0.1) is 6.92 Å². The summed E-state index contributed by atoms with van der Waals surface area (Å²) in [5, 5.41) is 5.14. The first-order chi connectivity index (χ1) is 10.8. The van der Waals surface area contributed by atoms with Crippen molar-refractivity contribution in [2.75, 3.05) is 0 Å². The molecule has 4 aromatic carbocycles. The van der Waals surface area contributed by atoms with Gasteiger partial charge in [0.1, 0.15) is 0 Å². The zero-order valence-electron chi connectivity index (χ0n) is 12.4. The standard InChI is InChI=1S/C22H17/c1-16(17-8-3-2-4-9-17)21-13-7-12-20-14-18-10-5-6-11-19(18)15-22(20)21/h2-16H,1H2. The Balaban J connectivity index is 1.96. The van der Waals surface area contributed by atoms with Crippen LogP contribution in [0.1, 0.15) is 17.0 Å². The van der Waals surface area contributed by atoms with Crippen LogP contribution in [0.3, 0.4) is 0 Å². The fraction of sp³-hybridized carbons (Fsp3) is 0.0455. The van der Waals surface area contributed by atoms with Crippen LogP contribution in [0.2, 0.25) is 0 Å². The van der Waals surface area contributed by atoms with Crippen molar-refractivity contribution < 1.29 is 0 Å². The van der Waals surface area contributed by atoms with E-state index in [1.165, 1.54) is 32.7 Å². The minimum absolute atomic E-state index is 0.145. The van der Waals surface area contributed by atoms with Gasteiger partial charge in [0, 0.05) is 5.92 Å². The first kappa shape index (κ1) is 13.1. The highest BCUT2D eigenvalue weighted by Gasteiger charge is 2.12. The van der Waals surface area contributed by atoms with E-state index in [9.17, 15) is 0 Å². The van der Waals surface area contributed by atoms with E-state index in [1.54, 1.807) is 0 Å². The summed E-state index contributed by atoms with van der Waals surface area (Å²) in [6.07, 6.45) is 0. The van der Waals surface area contributed by atoms with Gasteiger partial charge in [0.2, 0.25) is 0 Å². The van der Waals surface area contributed by atoms with Crippen molar-refractivity contribution in [3.05, 3.63) is 103 Å². The van der Waals surface area contributed by atoms with E-state index in [4.69, 9.17) is 0 Å². The molecule has 0 spiro atoms. The highest BCUT2D eigenvalue weighted by atomic mass is 14.2. The highest BCUT2D eigenvalue weighted by Crippen LogP contribution is 2.32. The minimum atomic E-state index is 0.145. The Morgan fingerprint density at radius 3 is 2.00 bits per heavy atom. The molecule has 1 unspecified atom stereocenters. The molecule has 0 saturated carbocycles. The molecule has 0 heteroatoms. The first-order valence-electron chi connectivity index (χ1n) is 7.62. The van der Waals surface area contributed by atoms with Crippen molar-refractivity contribution >= 4 is 21.5 Å². The lowest BCUT2D eigenvalue weighted by Gasteiger charge is -2.16. The van der Waals surface area contributed by atoms with Crippen molar-refractivity contribution in [2.24, 2.45) is 0 Å². The molecule has 22 heavy (non-hydrogen) atoms. The Morgan fingerprint density at radius 1 is 0.591 bits per heavy atom. The third kappa shape index (κ3) is 2.17. The molecule has 1 atom stereocenters. The fourth-order valence-corrected chi connectivity index (χ4v) is 3.16. The second-order valence-corrected chi connectivity index (χ2v) is 5.73. The summed E-state index contributed by atoms with van der Waals surface area (Å²) in [6.45, 7) is 4.41. The summed E-state index contributed by atoms with van der Waals surface area (Å²) in [5.41, 5.74) is 2.54. The van der Waals surface area contributed by atoms with Crippen LogP contribution < -0.4 is 0 Å². The number of benzene rings is 4. The summed E-state index contributed by atoms with van der Waals surface area (Å²) in [7, 11) is 0. The minimum Gasteiger partial charge on any atom is -0.0622 e. The second kappa shape index (κ2) is 5.31. The first-order valence-corrected chi connectivity index (χ1v) is 7.62. The molecule has 0 saturated heterocycles. The quantitative estimate of drug-likeness (QED) is 0.398. The molecule has 0 aliphatic rings. The molecule has 0 heterocycles. The van der Waals surface area contributed by atoms with E-state index in [0.717, 1.165) is 0 Å². The lowest BCUT2D eigenvalue weighted by atomic mass is 9.88. The third-order valence-electron chi connectivity index (χ3n) is 4.36. The zero-order chi connectivity index (χ0) is 14.9. The van der Waals surface area contributed by atoms with Crippen molar-refractivity contribution in [3.63, 3.8) is 0 Å². The molecule has 0 aromatic heterocycles. The van der Waals surface area contributed by atoms with Gasteiger partial charge in [0.05, 0.1) is 0 Å². The highest BCUT2D eigenvalue weighted by molar-refractivity contribution is 6.00. The third-order valence-corrected chi connectivity index (χ3v) is 4.36. The van der Waals surface area contributed by atoms with E-state index in [-0.39, 0.29) is 5.92 Å². The Labute approximate surface area is 131 Å². The van der Waals surface area contributed by atoms with Crippen molar-refractivity contribution in [2.45, 2.75) is 5.92 Å². The van der Waals surface area contributed by atoms with Crippen molar-refractivity contribution in [1.82, 2.24) is 0 Å². The lowest BCUT2D eigenvalue weighted by Crippen LogP contribution is -1.97. The smallest absolute Gasteiger partial charge is 0.00958 e. The average Bonchev–Trinajstić information content (AvgIpc) is 2.59. The van der Waals surface area contributed by atoms with Crippen LogP contribution in [0.4, 0.5) is 0 Å². The van der Waals surface area contributed by atoms with Crippen LogP contribution in [-0.2, 0) is 0 Å². The van der Waals surface area contributed by atoms with E-state index >= 15 is 0 Å². The molecule has 105 valence electrons. The van der Waals surface area contributed by atoms with E-state index in [1.807, 2.05) is 6.07 Å². The predicted octanol–water partition coefficient (Wildman–Crippen LogP) is 5.96. The van der Waals surface area contributed by atoms with Gasteiger partial charge in [-0.15, -0.1) is 0 Å².